The summed E-state index contributed by atoms with van der Waals surface area (Å²) >= 11 is 5.44. The van der Waals surface area contributed by atoms with Gasteiger partial charge in [-0.3, -0.25) is 0 Å². The summed E-state index contributed by atoms with van der Waals surface area (Å²) in [5, 5.41) is 17.4. The van der Waals surface area contributed by atoms with Crippen molar-refractivity contribution in [3.8, 4) is 11.5 Å². The number of hydrogen-bond acceptors (Lipinski definition) is 3. The lowest BCUT2D eigenvalue weighted by Crippen LogP contribution is -2.69. The first-order valence-electron chi connectivity index (χ1n) is 9.05. The largest absolute Gasteiger partial charge is 0.508 e. The third-order valence-electron chi connectivity index (χ3n) is 5.41. The Labute approximate surface area is 163 Å². The smallest absolute Gasteiger partial charge is 0.185 e. The molecule has 0 aliphatic carbocycles. The molecule has 1 saturated heterocycles. The first-order chi connectivity index (χ1) is 12.7. The molecule has 2 heterocycles. The van der Waals surface area contributed by atoms with Gasteiger partial charge in [0, 0.05) is 35.4 Å². The minimum Gasteiger partial charge on any atom is -0.508 e. The Morgan fingerprint density at radius 2 is 1.85 bits per heavy atom. The van der Waals surface area contributed by atoms with Crippen LogP contribution in [0, 0.1) is 12.7 Å². The molecule has 27 heavy (non-hydrogen) atoms. The summed E-state index contributed by atoms with van der Waals surface area (Å²) in [7, 11) is 0. The van der Waals surface area contributed by atoms with Gasteiger partial charge in [0.1, 0.15) is 17.3 Å². The zero-order valence-corrected chi connectivity index (χ0v) is 16.4. The Morgan fingerprint density at radius 1 is 1.15 bits per heavy atom. The van der Waals surface area contributed by atoms with E-state index in [9.17, 15) is 9.50 Å². The second-order valence-electron chi connectivity index (χ2n) is 8.17. The number of aromatic hydroxyl groups is 1. The monoisotopic (exact) mass is 386 g/mol. The highest BCUT2D eigenvalue weighted by Gasteiger charge is 2.49. The van der Waals surface area contributed by atoms with Crippen LogP contribution in [0.15, 0.2) is 36.4 Å². The molecule has 6 heteroatoms. The highest BCUT2D eigenvalue weighted by Crippen LogP contribution is 2.49. The van der Waals surface area contributed by atoms with Gasteiger partial charge in [-0.1, -0.05) is 18.2 Å². The van der Waals surface area contributed by atoms with Gasteiger partial charge >= 0.3 is 0 Å². The number of nitrogens with one attached hydrogen (secondary N) is 2. The predicted molar refractivity (Wildman–Crippen MR) is 107 cm³/mol. The topological polar surface area (TPSA) is 53.5 Å². The molecule has 0 radical (unpaired) electrons. The molecule has 2 aliphatic heterocycles. The van der Waals surface area contributed by atoms with Crippen LogP contribution in [0.5, 0.6) is 11.5 Å². The van der Waals surface area contributed by atoms with Gasteiger partial charge in [0.25, 0.3) is 0 Å². The third kappa shape index (κ3) is 3.23. The van der Waals surface area contributed by atoms with Gasteiger partial charge < -0.3 is 20.5 Å². The molecule has 0 unspecified atom stereocenters. The van der Waals surface area contributed by atoms with Gasteiger partial charge in [0.15, 0.2) is 10.8 Å². The summed E-state index contributed by atoms with van der Waals surface area (Å²) in [5.74, 6) is 0.603. The van der Waals surface area contributed by atoms with E-state index in [0.717, 1.165) is 11.1 Å². The van der Waals surface area contributed by atoms with Crippen LogP contribution in [0.2, 0.25) is 0 Å². The minimum atomic E-state index is -0.698. The molecule has 1 fully saturated rings. The Kier molecular flexibility index (Phi) is 4.07. The zero-order valence-electron chi connectivity index (χ0n) is 15.6. The number of rotatable bonds is 1. The normalized spacial score (nSPS) is 25.9. The zero-order chi connectivity index (χ0) is 19.4. The summed E-state index contributed by atoms with van der Waals surface area (Å²) in [5.41, 5.74) is 1.76. The van der Waals surface area contributed by atoms with Crippen molar-refractivity contribution in [1.29, 1.82) is 0 Å². The number of fused-ring (bicyclic) bond motifs is 1. The maximum absolute atomic E-state index is 13.5. The van der Waals surface area contributed by atoms with Crippen LogP contribution < -0.4 is 15.4 Å². The van der Waals surface area contributed by atoms with Crippen LogP contribution >= 0.6 is 12.2 Å². The fraction of sp³-hybridized carbons (Fsp3) is 0.381. The molecule has 1 spiro atoms. The number of ether oxygens (including phenoxy) is 1. The van der Waals surface area contributed by atoms with E-state index in [4.69, 9.17) is 17.0 Å². The molecular formula is C21H23FN2O2S. The van der Waals surface area contributed by atoms with Crippen molar-refractivity contribution in [2.24, 2.45) is 0 Å². The van der Waals surface area contributed by atoms with Gasteiger partial charge in [-0.2, -0.15) is 0 Å². The van der Waals surface area contributed by atoms with E-state index >= 15 is 0 Å². The van der Waals surface area contributed by atoms with Crippen LogP contribution in [-0.4, -0.2) is 21.5 Å². The molecule has 0 bridgehead atoms. The molecule has 2 atom stereocenters. The highest BCUT2D eigenvalue weighted by molar-refractivity contribution is 7.80. The maximum Gasteiger partial charge on any atom is 0.185 e. The second kappa shape index (κ2) is 6.09. The van der Waals surface area contributed by atoms with Gasteiger partial charge in [0.05, 0.1) is 0 Å². The average Bonchev–Trinajstić information content (AvgIpc) is 2.57. The molecular weight excluding hydrogens is 363 g/mol. The third-order valence-corrected chi connectivity index (χ3v) is 5.61. The minimum absolute atomic E-state index is 0.00199. The maximum atomic E-state index is 13.5. The molecule has 2 aromatic rings. The van der Waals surface area contributed by atoms with E-state index in [1.165, 1.54) is 12.1 Å². The van der Waals surface area contributed by atoms with Crippen LogP contribution in [0.4, 0.5) is 4.39 Å². The van der Waals surface area contributed by atoms with Crippen molar-refractivity contribution in [3.05, 3.63) is 58.9 Å². The number of phenolic OH excluding ortho intramolecular Hbond substituents is 1. The lowest BCUT2D eigenvalue weighted by Gasteiger charge is -2.51. The molecule has 0 aromatic heterocycles. The van der Waals surface area contributed by atoms with E-state index in [2.05, 4.69) is 24.5 Å². The fourth-order valence-electron chi connectivity index (χ4n) is 4.31. The Bertz CT molecular complexity index is 913. The first kappa shape index (κ1) is 18.0. The number of halogens is 1. The molecule has 0 amide bonds. The fourth-order valence-corrected chi connectivity index (χ4v) is 4.78. The average molecular weight is 386 g/mol. The van der Waals surface area contributed by atoms with Crippen molar-refractivity contribution in [2.45, 2.75) is 50.8 Å². The summed E-state index contributed by atoms with van der Waals surface area (Å²) in [6, 6.07) is 10.2. The predicted octanol–water partition coefficient (Wildman–Crippen LogP) is 4.10. The lowest BCUT2D eigenvalue weighted by atomic mass is 9.77. The van der Waals surface area contributed by atoms with Gasteiger partial charge in [-0.15, -0.1) is 0 Å². The van der Waals surface area contributed by atoms with E-state index in [-0.39, 0.29) is 23.0 Å². The number of phenols is 1. The van der Waals surface area contributed by atoms with Crippen molar-refractivity contribution in [3.63, 3.8) is 0 Å². The molecule has 4 nitrogen and oxygen atoms in total. The highest BCUT2D eigenvalue weighted by atomic mass is 32.1. The van der Waals surface area contributed by atoms with E-state index in [0.29, 0.717) is 29.3 Å². The molecule has 142 valence electrons. The molecule has 2 aromatic carbocycles. The molecule has 4 rings (SSSR count). The molecule has 2 aliphatic rings. The second-order valence-corrected chi connectivity index (χ2v) is 8.58. The molecule has 0 saturated carbocycles. The van der Waals surface area contributed by atoms with Crippen LogP contribution in [-0.2, 0) is 0 Å². The number of thiocarbonyl (C=S) groups is 1. The Morgan fingerprint density at radius 3 is 2.52 bits per heavy atom. The Hall–Kier alpha value is -2.34. The summed E-state index contributed by atoms with van der Waals surface area (Å²) in [6.07, 6.45) is 1.34. The number of hydrogen-bond donors (Lipinski definition) is 3. The summed E-state index contributed by atoms with van der Waals surface area (Å²) in [4.78, 5) is 0. The molecule has 3 N–H and O–H groups in total. The van der Waals surface area contributed by atoms with Crippen molar-refractivity contribution < 1.29 is 14.2 Å². The summed E-state index contributed by atoms with van der Waals surface area (Å²) in [6.45, 7) is 6.02. The standard InChI is InChI=1S/C21H23FN2O2S/c1-12-17(25)9-8-15-16(13-4-6-14(22)7-5-13)10-21(26-18(12)15)11-20(2,3)23-19(27)24-21/h4-9,16,25H,10-11H2,1-3H3,(H2,23,24,27)/t16-,21+/m1/s1. The SMILES string of the molecule is Cc1c(O)ccc2c1O[C@@]1(C[C@@H]2c2ccc(F)cc2)CC(C)(C)NC(=S)N1. The van der Waals surface area contributed by atoms with Crippen molar-refractivity contribution in [2.75, 3.05) is 0 Å². The van der Waals surface area contributed by atoms with Crippen molar-refractivity contribution in [1.82, 2.24) is 10.6 Å². The van der Waals surface area contributed by atoms with Crippen LogP contribution in [0.1, 0.15) is 49.3 Å². The first-order valence-corrected chi connectivity index (χ1v) is 9.46. The summed E-state index contributed by atoms with van der Waals surface area (Å²) < 4.78 is 20.0. The number of benzene rings is 2. The van der Waals surface area contributed by atoms with E-state index in [1.54, 1.807) is 6.07 Å². The Balaban J connectivity index is 1.86. The van der Waals surface area contributed by atoms with Crippen LogP contribution in [0.3, 0.4) is 0 Å². The van der Waals surface area contributed by atoms with E-state index in [1.807, 2.05) is 25.1 Å². The quantitative estimate of drug-likeness (QED) is 0.645. The van der Waals surface area contributed by atoms with Gasteiger partial charge in [-0.05, 0) is 56.8 Å². The van der Waals surface area contributed by atoms with E-state index < -0.39 is 5.72 Å². The van der Waals surface area contributed by atoms with Crippen molar-refractivity contribution >= 4 is 17.3 Å². The van der Waals surface area contributed by atoms with Gasteiger partial charge in [-0.25, -0.2) is 4.39 Å². The van der Waals surface area contributed by atoms with Gasteiger partial charge in [0.2, 0.25) is 0 Å². The van der Waals surface area contributed by atoms with Crippen LogP contribution in [0.25, 0.3) is 0 Å². The lowest BCUT2D eigenvalue weighted by molar-refractivity contribution is -0.0134.